The van der Waals surface area contributed by atoms with Crippen LogP contribution in [0, 0.1) is 5.92 Å². The van der Waals surface area contributed by atoms with Crippen molar-refractivity contribution in [3.05, 3.63) is 65.9 Å². The van der Waals surface area contributed by atoms with Crippen LogP contribution in [0.25, 0.3) is 10.9 Å². The van der Waals surface area contributed by atoms with Crippen molar-refractivity contribution in [3.8, 4) is 0 Å². The van der Waals surface area contributed by atoms with Gasteiger partial charge in [0, 0.05) is 25.0 Å². The van der Waals surface area contributed by atoms with Gasteiger partial charge in [-0.25, -0.2) is 9.59 Å². The summed E-state index contributed by atoms with van der Waals surface area (Å²) in [5, 5.41) is 23.4. The number of fused-ring (bicyclic) bond motifs is 1. The van der Waals surface area contributed by atoms with E-state index in [4.69, 9.17) is 19.8 Å². The first-order valence-electron chi connectivity index (χ1n) is 12.3. The number of piperidine rings is 1. The van der Waals surface area contributed by atoms with Crippen LogP contribution in [0.5, 0.6) is 0 Å². The van der Waals surface area contributed by atoms with Crippen molar-refractivity contribution in [2.45, 2.75) is 39.2 Å². The average molecular weight is 495 g/mol. The molecule has 0 atom stereocenters. The second kappa shape index (κ2) is 13.4. The van der Waals surface area contributed by atoms with Gasteiger partial charge in [0.15, 0.2) is 5.69 Å². The van der Waals surface area contributed by atoms with Crippen molar-refractivity contribution in [2.24, 2.45) is 5.92 Å². The number of para-hydroxylation sites is 1. The molecule has 1 aliphatic rings. The molecule has 2 heterocycles. The standard InChI is InChI=1S/C25H32N4O.C2H2O4/c1-2-15-29-23-11-7-6-10-22(23)24(27-29)25(30)26-14-18-28-16-12-21(13-17-28)19-20-8-4-3-5-9-20;3-1(4)2(5)6/h3-11,21H,2,12-19H2,1H3,(H,26,30);(H,3,4)(H,5,6). The zero-order valence-electron chi connectivity index (χ0n) is 20.6. The van der Waals surface area contributed by atoms with Gasteiger partial charge in [0.1, 0.15) is 0 Å². The molecule has 1 aliphatic heterocycles. The molecule has 0 bridgehead atoms. The number of hydrogen-bond donors (Lipinski definition) is 3. The molecule has 0 saturated carbocycles. The van der Waals surface area contributed by atoms with Gasteiger partial charge in [-0.05, 0) is 56.3 Å². The van der Waals surface area contributed by atoms with Gasteiger partial charge >= 0.3 is 11.9 Å². The summed E-state index contributed by atoms with van der Waals surface area (Å²) in [6, 6.07) is 18.8. The van der Waals surface area contributed by atoms with Gasteiger partial charge in [0.2, 0.25) is 0 Å². The number of carbonyl (C=O) groups is 3. The van der Waals surface area contributed by atoms with Crippen molar-refractivity contribution >= 4 is 28.7 Å². The number of carboxylic acids is 2. The normalized spacial score (nSPS) is 14.1. The monoisotopic (exact) mass is 494 g/mol. The minimum absolute atomic E-state index is 0.0694. The molecule has 1 saturated heterocycles. The van der Waals surface area contributed by atoms with Crippen molar-refractivity contribution in [2.75, 3.05) is 26.2 Å². The van der Waals surface area contributed by atoms with E-state index in [1.807, 2.05) is 28.9 Å². The summed E-state index contributed by atoms with van der Waals surface area (Å²) in [6.07, 6.45) is 4.63. The molecule has 1 aromatic heterocycles. The quantitative estimate of drug-likeness (QED) is 0.411. The van der Waals surface area contributed by atoms with Crippen molar-refractivity contribution in [1.29, 1.82) is 0 Å². The van der Waals surface area contributed by atoms with E-state index in [2.05, 4.69) is 52.6 Å². The molecule has 1 amide bonds. The first kappa shape index (κ1) is 26.9. The van der Waals surface area contributed by atoms with E-state index in [9.17, 15) is 4.79 Å². The number of aromatic nitrogens is 2. The van der Waals surface area contributed by atoms with E-state index in [0.29, 0.717) is 12.2 Å². The summed E-state index contributed by atoms with van der Waals surface area (Å²) in [6.45, 7) is 6.74. The molecular weight excluding hydrogens is 460 g/mol. The molecule has 3 aromatic rings. The van der Waals surface area contributed by atoms with Gasteiger partial charge in [-0.1, -0.05) is 55.5 Å². The Morgan fingerprint density at radius 3 is 2.22 bits per heavy atom. The van der Waals surface area contributed by atoms with Gasteiger partial charge in [0.25, 0.3) is 5.91 Å². The van der Waals surface area contributed by atoms with E-state index >= 15 is 0 Å². The lowest BCUT2D eigenvalue weighted by Crippen LogP contribution is -2.40. The summed E-state index contributed by atoms with van der Waals surface area (Å²) in [5.74, 6) is -2.95. The second-order valence-electron chi connectivity index (χ2n) is 8.93. The van der Waals surface area contributed by atoms with Crippen molar-refractivity contribution in [3.63, 3.8) is 0 Å². The lowest BCUT2D eigenvalue weighted by molar-refractivity contribution is -0.159. The first-order valence-corrected chi connectivity index (χ1v) is 12.3. The fourth-order valence-electron chi connectivity index (χ4n) is 4.45. The third-order valence-corrected chi connectivity index (χ3v) is 6.28. The fraction of sp³-hybridized carbons (Fsp3) is 0.407. The molecule has 0 unspecified atom stereocenters. The summed E-state index contributed by atoms with van der Waals surface area (Å²) in [5.41, 5.74) is 3.02. The predicted octanol–water partition coefficient (Wildman–Crippen LogP) is 3.29. The lowest BCUT2D eigenvalue weighted by atomic mass is 9.90. The van der Waals surface area contributed by atoms with Gasteiger partial charge in [0.05, 0.1) is 5.52 Å². The van der Waals surface area contributed by atoms with E-state index in [-0.39, 0.29) is 5.91 Å². The zero-order valence-corrected chi connectivity index (χ0v) is 20.6. The number of rotatable bonds is 8. The van der Waals surface area contributed by atoms with Gasteiger partial charge in [-0.2, -0.15) is 5.10 Å². The van der Waals surface area contributed by atoms with Crippen LogP contribution in [0.2, 0.25) is 0 Å². The van der Waals surface area contributed by atoms with Crippen LogP contribution in [-0.4, -0.2) is 68.9 Å². The maximum Gasteiger partial charge on any atom is 0.414 e. The van der Waals surface area contributed by atoms with Crippen LogP contribution >= 0.6 is 0 Å². The number of carboxylic acid groups (broad SMARTS) is 2. The number of nitrogens with zero attached hydrogens (tertiary/aromatic N) is 3. The third-order valence-electron chi connectivity index (χ3n) is 6.28. The van der Waals surface area contributed by atoms with E-state index in [0.717, 1.165) is 49.4 Å². The van der Waals surface area contributed by atoms with Gasteiger partial charge in [-0.3, -0.25) is 9.48 Å². The molecule has 0 aliphatic carbocycles. The van der Waals surface area contributed by atoms with Crippen LogP contribution < -0.4 is 5.32 Å². The summed E-state index contributed by atoms with van der Waals surface area (Å²) in [7, 11) is 0. The van der Waals surface area contributed by atoms with Gasteiger partial charge < -0.3 is 20.4 Å². The summed E-state index contributed by atoms with van der Waals surface area (Å²) >= 11 is 0. The molecule has 9 nitrogen and oxygen atoms in total. The third kappa shape index (κ3) is 7.64. The largest absolute Gasteiger partial charge is 0.473 e. The number of hydrogen-bond acceptors (Lipinski definition) is 5. The zero-order chi connectivity index (χ0) is 25.9. The number of likely N-dealkylation sites (tertiary alicyclic amines) is 1. The average Bonchev–Trinajstić information content (AvgIpc) is 3.25. The molecule has 36 heavy (non-hydrogen) atoms. The summed E-state index contributed by atoms with van der Waals surface area (Å²) in [4.78, 5) is 33.4. The highest BCUT2D eigenvalue weighted by Crippen LogP contribution is 2.22. The lowest BCUT2D eigenvalue weighted by Gasteiger charge is -2.32. The van der Waals surface area contributed by atoms with Crippen LogP contribution in [0.4, 0.5) is 0 Å². The Hall–Kier alpha value is -3.72. The molecular formula is C27H34N4O5. The Labute approximate surface area is 210 Å². The molecule has 0 spiro atoms. The Balaban J connectivity index is 0.000000538. The number of aryl methyl sites for hydroxylation is 1. The number of carbonyl (C=O) groups excluding carboxylic acids is 1. The Kier molecular flexibility index (Phi) is 10.00. The minimum Gasteiger partial charge on any atom is -0.473 e. The Bertz CT molecular complexity index is 1140. The molecule has 192 valence electrons. The predicted molar refractivity (Wildman–Crippen MR) is 137 cm³/mol. The fourth-order valence-corrected chi connectivity index (χ4v) is 4.45. The maximum absolute atomic E-state index is 12.8. The Morgan fingerprint density at radius 1 is 0.944 bits per heavy atom. The smallest absolute Gasteiger partial charge is 0.414 e. The topological polar surface area (TPSA) is 125 Å². The molecule has 0 radical (unpaired) electrons. The second-order valence-corrected chi connectivity index (χ2v) is 8.93. The van der Waals surface area contributed by atoms with Crippen LogP contribution in [0.15, 0.2) is 54.6 Å². The highest BCUT2D eigenvalue weighted by molar-refractivity contribution is 6.27. The van der Waals surface area contributed by atoms with Crippen LogP contribution in [0.3, 0.4) is 0 Å². The molecule has 2 aromatic carbocycles. The van der Waals surface area contributed by atoms with Crippen molar-refractivity contribution < 1.29 is 24.6 Å². The molecule has 3 N–H and O–H groups in total. The first-order chi connectivity index (χ1) is 17.4. The van der Waals surface area contributed by atoms with E-state index < -0.39 is 11.9 Å². The SMILES string of the molecule is CCCn1nc(C(=O)NCCN2CCC(Cc3ccccc3)CC2)c2ccccc21.O=C(O)C(=O)O. The molecule has 4 rings (SSSR count). The van der Waals surface area contributed by atoms with Crippen LogP contribution in [-0.2, 0) is 22.6 Å². The summed E-state index contributed by atoms with van der Waals surface area (Å²) < 4.78 is 1.95. The van der Waals surface area contributed by atoms with Gasteiger partial charge in [-0.15, -0.1) is 0 Å². The number of nitrogens with one attached hydrogen (secondary N) is 1. The maximum atomic E-state index is 12.8. The highest BCUT2D eigenvalue weighted by atomic mass is 16.4. The van der Waals surface area contributed by atoms with E-state index in [1.165, 1.54) is 24.8 Å². The number of amides is 1. The van der Waals surface area contributed by atoms with E-state index in [1.54, 1.807) is 0 Å². The minimum atomic E-state index is -1.82. The number of aliphatic carboxylic acids is 2. The highest BCUT2D eigenvalue weighted by Gasteiger charge is 2.20. The molecule has 9 heteroatoms. The molecule has 1 fully saturated rings. The number of benzene rings is 2. The van der Waals surface area contributed by atoms with Crippen LogP contribution in [0.1, 0.15) is 42.2 Å². The van der Waals surface area contributed by atoms with Crippen molar-refractivity contribution in [1.82, 2.24) is 20.0 Å². The Morgan fingerprint density at radius 2 is 1.58 bits per heavy atom.